The summed E-state index contributed by atoms with van der Waals surface area (Å²) in [5.41, 5.74) is 1.15. The number of aromatic nitrogens is 2. The van der Waals surface area contributed by atoms with Gasteiger partial charge in [0.2, 0.25) is 0 Å². The van der Waals surface area contributed by atoms with Gasteiger partial charge in [-0.2, -0.15) is 5.10 Å². The predicted molar refractivity (Wildman–Crippen MR) is 75.0 cm³/mol. The molecule has 0 bridgehead atoms. The van der Waals surface area contributed by atoms with E-state index in [9.17, 15) is 0 Å². The number of ether oxygens (including phenoxy) is 1. The molecular formula is C14H27N3O. The van der Waals surface area contributed by atoms with Gasteiger partial charge in [0.05, 0.1) is 25.0 Å². The van der Waals surface area contributed by atoms with Gasteiger partial charge in [0.25, 0.3) is 0 Å². The van der Waals surface area contributed by atoms with Crippen LogP contribution in [0.15, 0.2) is 6.20 Å². The molecule has 4 nitrogen and oxygen atoms in total. The Hall–Kier alpha value is -1.03. The van der Waals surface area contributed by atoms with Crippen LogP contribution >= 0.6 is 0 Å². The molecule has 0 aliphatic rings. The second-order valence-corrected chi connectivity index (χ2v) is 5.51. The molecule has 104 valence electrons. The minimum atomic E-state index is 0.254. The van der Waals surface area contributed by atoms with Crippen molar-refractivity contribution in [1.82, 2.24) is 15.1 Å². The van der Waals surface area contributed by atoms with Gasteiger partial charge in [0.15, 0.2) is 5.75 Å². The summed E-state index contributed by atoms with van der Waals surface area (Å²) in [5, 5.41) is 7.86. The molecule has 1 aromatic rings. The Bertz CT molecular complexity index is 371. The van der Waals surface area contributed by atoms with Crippen molar-refractivity contribution >= 4 is 0 Å². The Morgan fingerprint density at radius 1 is 1.22 bits per heavy atom. The number of rotatable bonds is 6. The molecule has 4 heteroatoms. The van der Waals surface area contributed by atoms with Crippen LogP contribution in [0.4, 0.5) is 0 Å². The Balaban J connectivity index is 3.22. The van der Waals surface area contributed by atoms with E-state index in [1.807, 2.05) is 13.2 Å². The lowest BCUT2D eigenvalue weighted by atomic mass is 9.88. The van der Waals surface area contributed by atoms with Gasteiger partial charge in [0, 0.05) is 6.04 Å². The van der Waals surface area contributed by atoms with E-state index in [1.165, 1.54) is 0 Å². The van der Waals surface area contributed by atoms with E-state index in [0.29, 0.717) is 17.9 Å². The minimum absolute atomic E-state index is 0.254. The molecule has 1 heterocycles. The zero-order valence-electron chi connectivity index (χ0n) is 12.7. The van der Waals surface area contributed by atoms with Gasteiger partial charge in [0.1, 0.15) is 0 Å². The third-order valence-corrected chi connectivity index (χ3v) is 3.69. The van der Waals surface area contributed by atoms with Crippen molar-refractivity contribution in [2.45, 2.75) is 46.7 Å². The number of hydrogen-bond donors (Lipinski definition) is 1. The van der Waals surface area contributed by atoms with E-state index in [-0.39, 0.29) is 6.04 Å². The van der Waals surface area contributed by atoms with Crippen LogP contribution < -0.4 is 10.1 Å². The van der Waals surface area contributed by atoms with Crippen molar-refractivity contribution in [2.75, 3.05) is 14.2 Å². The lowest BCUT2D eigenvalue weighted by molar-refractivity contribution is 0.287. The number of hydrogen-bond acceptors (Lipinski definition) is 3. The van der Waals surface area contributed by atoms with Gasteiger partial charge in [-0.15, -0.1) is 0 Å². The van der Waals surface area contributed by atoms with Crippen LogP contribution in [-0.4, -0.2) is 23.9 Å². The lowest BCUT2D eigenvalue weighted by Crippen LogP contribution is -2.30. The van der Waals surface area contributed by atoms with Crippen LogP contribution in [0.2, 0.25) is 0 Å². The molecule has 2 atom stereocenters. The summed E-state index contributed by atoms with van der Waals surface area (Å²) >= 11 is 0. The molecular weight excluding hydrogens is 226 g/mol. The van der Waals surface area contributed by atoms with Crippen LogP contribution in [0.25, 0.3) is 0 Å². The molecule has 0 saturated heterocycles. The van der Waals surface area contributed by atoms with E-state index in [0.717, 1.165) is 11.4 Å². The summed E-state index contributed by atoms with van der Waals surface area (Å²) < 4.78 is 7.52. The molecule has 0 spiro atoms. The topological polar surface area (TPSA) is 39.1 Å². The van der Waals surface area contributed by atoms with Gasteiger partial charge in [-0.25, -0.2) is 0 Å². The summed E-state index contributed by atoms with van der Waals surface area (Å²) in [6.07, 6.45) is 1.81. The quantitative estimate of drug-likeness (QED) is 0.847. The first-order chi connectivity index (χ1) is 8.43. The van der Waals surface area contributed by atoms with Crippen molar-refractivity contribution in [3.63, 3.8) is 0 Å². The molecule has 0 fully saturated rings. The van der Waals surface area contributed by atoms with Gasteiger partial charge < -0.3 is 10.1 Å². The maximum absolute atomic E-state index is 5.47. The SMILES string of the molecule is CNC(c1c(OC)cnn1C(C)C)C(C)C(C)C. The Morgan fingerprint density at radius 3 is 2.22 bits per heavy atom. The molecule has 2 unspecified atom stereocenters. The fraction of sp³-hybridized carbons (Fsp3) is 0.786. The third-order valence-electron chi connectivity index (χ3n) is 3.69. The highest BCUT2D eigenvalue weighted by Gasteiger charge is 2.28. The average Bonchev–Trinajstić information content (AvgIpc) is 2.73. The fourth-order valence-corrected chi connectivity index (χ4v) is 2.25. The van der Waals surface area contributed by atoms with Gasteiger partial charge >= 0.3 is 0 Å². The summed E-state index contributed by atoms with van der Waals surface area (Å²) in [7, 11) is 3.71. The molecule has 18 heavy (non-hydrogen) atoms. The smallest absolute Gasteiger partial charge is 0.161 e. The van der Waals surface area contributed by atoms with Crippen LogP contribution in [0.5, 0.6) is 5.75 Å². The molecule has 0 aliphatic heterocycles. The summed E-state index contributed by atoms with van der Waals surface area (Å²) in [5.74, 6) is 1.98. The highest BCUT2D eigenvalue weighted by atomic mass is 16.5. The monoisotopic (exact) mass is 253 g/mol. The predicted octanol–water partition coefficient (Wildman–Crippen LogP) is 3.03. The van der Waals surface area contributed by atoms with E-state index in [1.54, 1.807) is 7.11 Å². The van der Waals surface area contributed by atoms with E-state index < -0.39 is 0 Å². The largest absolute Gasteiger partial charge is 0.493 e. The standard InChI is InChI=1S/C14H27N3O/c1-9(2)11(5)13(15-6)14-12(18-7)8-16-17(14)10(3)4/h8-11,13,15H,1-7H3. The first kappa shape index (κ1) is 15.0. The number of nitrogens with one attached hydrogen (secondary N) is 1. The van der Waals surface area contributed by atoms with Gasteiger partial charge in [-0.1, -0.05) is 20.8 Å². The van der Waals surface area contributed by atoms with Gasteiger partial charge in [-0.3, -0.25) is 4.68 Å². The third kappa shape index (κ3) is 2.86. The molecule has 0 radical (unpaired) electrons. The minimum Gasteiger partial charge on any atom is -0.493 e. The van der Waals surface area contributed by atoms with E-state index >= 15 is 0 Å². The first-order valence-electron chi connectivity index (χ1n) is 6.72. The second-order valence-electron chi connectivity index (χ2n) is 5.51. The summed E-state index contributed by atoms with van der Waals surface area (Å²) in [6.45, 7) is 11.0. The van der Waals surface area contributed by atoms with E-state index in [4.69, 9.17) is 4.74 Å². The van der Waals surface area contributed by atoms with Gasteiger partial charge in [-0.05, 0) is 32.7 Å². The molecule has 0 amide bonds. The Labute approximate surface area is 111 Å². The first-order valence-corrected chi connectivity index (χ1v) is 6.72. The van der Waals surface area contributed by atoms with Crippen LogP contribution in [0.1, 0.15) is 52.4 Å². The number of methoxy groups -OCH3 is 1. The fourth-order valence-electron chi connectivity index (χ4n) is 2.25. The average molecular weight is 253 g/mol. The highest BCUT2D eigenvalue weighted by Crippen LogP contribution is 2.34. The molecule has 0 aliphatic carbocycles. The van der Waals surface area contributed by atoms with Crippen molar-refractivity contribution in [1.29, 1.82) is 0 Å². The zero-order valence-corrected chi connectivity index (χ0v) is 12.7. The maximum Gasteiger partial charge on any atom is 0.161 e. The molecule has 1 aromatic heterocycles. The summed E-state index contributed by atoms with van der Waals surface area (Å²) in [4.78, 5) is 0. The molecule has 1 rings (SSSR count). The van der Waals surface area contributed by atoms with Crippen LogP contribution in [-0.2, 0) is 0 Å². The zero-order chi connectivity index (χ0) is 13.9. The van der Waals surface area contributed by atoms with Crippen molar-refractivity contribution in [3.8, 4) is 5.75 Å². The van der Waals surface area contributed by atoms with Crippen LogP contribution in [0.3, 0.4) is 0 Å². The van der Waals surface area contributed by atoms with Crippen LogP contribution in [0, 0.1) is 11.8 Å². The number of nitrogens with zero attached hydrogens (tertiary/aromatic N) is 2. The molecule has 0 saturated carbocycles. The second kappa shape index (κ2) is 6.23. The van der Waals surface area contributed by atoms with Crippen molar-refractivity contribution in [2.24, 2.45) is 11.8 Å². The molecule has 1 N–H and O–H groups in total. The Morgan fingerprint density at radius 2 is 1.83 bits per heavy atom. The van der Waals surface area contributed by atoms with E-state index in [2.05, 4.69) is 49.7 Å². The maximum atomic E-state index is 5.47. The molecule has 0 aromatic carbocycles. The summed E-state index contributed by atoms with van der Waals surface area (Å²) in [6, 6.07) is 0.587. The lowest BCUT2D eigenvalue weighted by Gasteiger charge is -2.28. The normalized spacial score (nSPS) is 15.2. The highest BCUT2D eigenvalue weighted by molar-refractivity contribution is 5.29. The van der Waals surface area contributed by atoms with Crippen molar-refractivity contribution in [3.05, 3.63) is 11.9 Å². The Kier molecular flexibility index (Phi) is 5.20. The van der Waals surface area contributed by atoms with Crippen molar-refractivity contribution < 1.29 is 4.74 Å².